The van der Waals surface area contributed by atoms with E-state index in [4.69, 9.17) is 0 Å². The second-order valence-corrected chi connectivity index (χ2v) is 5.84. The molecule has 0 bridgehead atoms. The van der Waals surface area contributed by atoms with Crippen molar-refractivity contribution in [2.24, 2.45) is 0 Å². The summed E-state index contributed by atoms with van der Waals surface area (Å²) in [6, 6.07) is 8.79. The summed E-state index contributed by atoms with van der Waals surface area (Å²) in [6.07, 6.45) is 3.61. The largest absolute Gasteiger partial charge is 0.367 e. The molecule has 3 rings (SSSR count). The third kappa shape index (κ3) is 3.74. The maximum absolute atomic E-state index is 14.2. The first-order chi connectivity index (χ1) is 11.1. The third-order valence-electron chi connectivity index (χ3n) is 4.22. The predicted octanol–water partition coefficient (Wildman–Crippen LogP) is 2.75. The minimum atomic E-state index is -0.319. The molecule has 23 heavy (non-hydrogen) atoms. The van der Waals surface area contributed by atoms with E-state index in [0.29, 0.717) is 11.3 Å². The molecule has 1 aliphatic heterocycles. The number of hydrogen-bond acceptors (Lipinski definition) is 4. The van der Waals surface area contributed by atoms with Crippen LogP contribution in [0.1, 0.15) is 22.8 Å². The second kappa shape index (κ2) is 6.87. The highest BCUT2D eigenvalue weighted by atomic mass is 19.1. The van der Waals surface area contributed by atoms with Crippen molar-refractivity contribution in [3.05, 3.63) is 59.7 Å². The number of Topliss-reactive ketones (excluding diaryl/α,β-unsaturated/α-hetero) is 1. The lowest BCUT2D eigenvalue weighted by atomic mass is 10.1. The number of halogens is 1. The Kier molecular flexibility index (Phi) is 4.67. The zero-order valence-electron chi connectivity index (χ0n) is 13.2. The van der Waals surface area contributed by atoms with Crippen LogP contribution >= 0.6 is 0 Å². The summed E-state index contributed by atoms with van der Waals surface area (Å²) < 4.78 is 14.2. The molecule has 0 radical (unpaired) electrons. The van der Waals surface area contributed by atoms with Crippen molar-refractivity contribution in [3.63, 3.8) is 0 Å². The number of anilines is 1. The molecule has 2 aromatic rings. The number of rotatable bonds is 4. The van der Waals surface area contributed by atoms with Crippen LogP contribution in [-0.2, 0) is 6.54 Å². The first-order valence-electron chi connectivity index (χ1n) is 7.80. The summed E-state index contributed by atoms with van der Waals surface area (Å²) in [7, 11) is 0. The summed E-state index contributed by atoms with van der Waals surface area (Å²) in [5.74, 6) is -0.432. The Hall–Kier alpha value is -2.27. The van der Waals surface area contributed by atoms with Gasteiger partial charge in [0.2, 0.25) is 0 Å². The van der Waals surface area contributed by atoms with E-state index in [-0.39, 0.29) is 11.6 Å². The molecular weight excluding hydrogens is 293 g/mol. The molecule has 0 atom stereocenters. The molecule has 5 heteroatoms. The first kappa shape index (κ1) is 15.6. The van der Waals surface area contributed by atoms with E-state index < -0.39 is 0 Å². The van der Waals surface area contributed by atoms with Gasteiger partial charge in [-0.3, -0.25) is 14.7 Å². The maximum atomic E-state index is 14.2. The average molecular weight is 313 g/mol. The molecule has 0 unspecified atom stereocenters. The van der Waals surface area contributed by atoms with Gasteiger partial charge in [0.15, 0.2) is 5.78 Å². The highest BCUT2D eigenvalue weighted by Crippen LogP contribution is 2.22. The molecule has 0 amide bonds. The van der Waals surface area contributed by atoms with Crippen LogP contribution in [0.2, 0.25) is 0 Å². The molecule has 2 heterocycles. The molecule has 1 aromatic carbocycles. The first-order valence-corrected chi connectivity index (χ1v) is 7.80. The van der Waals surface area contributed by atoms with Crippen LogP contribution in [0.3, 0.4) is 0 Å². The van der Waals surface area contributed by atoms with Crippen LogP contribution in [0, 0.1) is 5.82 Å². The molecule has 1 aromatic heterocycles. The zero-order valence-corrected chi connectivity index (χ0v) is 13.2. The topological polar surface area (TPSA) is 36.4 Å². The highest BCUT2D eigenvalue weighted by Gasteiger charge is 2.20. The Bertz CT molecular complexity index is 682. The smallest absolute Gasteiger partial charge is 0.159 e. The number of carbonyl (C=O) groups excluding carboxylic acids is 1. The van der Waals surface area contributed by atoms with Crippen molar-refractivity contribution < 1.29 is 9.18 Å². The van der Waals surface area contributed by atoms with E-state index in [0.717, 1.165) is 32.7 Å². The number of pyridine rings is 1. The van der Waals surface area contributed by atoms with Crippen LogP contribution in [0.25, 0.3) is 0 Å². The quantitative estimate of drug-likeness (QED) is 0.813. The lowest BCUT2D eigenvalue weighted by Gasteiger charge is -2.36. The fraction of sp³-hybridized carbons (Fsp3) is 0.333. The number of hydrogen-bond donors (Lipinski definition) is 0. The van der Waals surface area contributed by atoms with Crippen molar-refractivity contribution in [1.29, 1.82) is 0 Å². The molecule has 120 valence electrons. The van der Waals surface area contributed by atoms with Crippen molar-refractivity contribution in [2.45, 2.75) is 13.5 Å². The normalized spacial score (nSPS) is 15.7. The van der Waals surface area contributed by atoms with Gasteiger partial charge in [-0.1, -0.05) is 0 Å². The number of carbonyl (C=O) groups is 1. The van der Waals surface area contributed by atoms with Gasteiger partial charge in [0.05, 0.1) is 5.69 Å². The average Bonchev–Trinajstić information content (AvgIpc) is 2.56. The summed E-state index contributed by atoms with van der Waals surface area (Å²) in [5.41, 5.74) is 2.24. The molecule has 1 aliphatic rings. The van der Waals surface area contributed by atoms with E-state index in [1.165, 1.54) is 18.6 Å². The van der Waals surface area contributed by atoms with Gasteiger partial charge in [0.1, 0.15) is 5.82 Å². The maximum Gasteiger partial charge on any atom is 0.159 e. The number of piperazine rings is 1. The molecule has 0 aliphatic carbocycles. The Balaban J connectivity index is 1.62. The van der Waals surface area contributed by atoms with Gasteiger partial charge in [-0.25, -0.2) is 4.39 Å². The van der Waals surface area contributed by atoms with Gasteiger partial charge in [0.25, 0.3) is 0 Å². The van der Waals surface area contributed by atoms with Crippen LogP contribution in [0.4, 0.5) is 10.1 Å². The Morgan fingerprint density at radius 1 is 1.13 bits per heavy atom. The van der Waals surface area contributed by atoms with Crippen LogP contribution < -0.4 is 4.90 Å². The molecule has 4 nitrogen and oxygen atoms in total. The van der Waals surface area contributed by atoms with E-state index >= 15 is 0 Å². The van der Waals surface area contributed by atoms with Gasteiger partial charge in [-0.05, 0) is 42.8 Å². The van der Waals surface area contributed by atoms with Gasteiger partial charge in [-0.2, -0.15) is 0 Å². The third-order valence-corrected chi connectivity index (χ3v) is 4.22. The van der Waals surface area contributed by atoms with E-state index in [1.807, 2.05) is 17.0 Å². The van der Waals surface area contributed by atoms with Crippen LogP contribution in [0.5, 0.6) is 0 Å². The zero-order chi connectivity index (χ0) is 16.2. The minimum absolute atomic E-state index is 0.113. The molecule has 1 fully saturated rings. The van der Waals surface area contributed by atoms with Gasteiger partial charge in [-0.15, -0.1) is 0 Å². The molecule has 0 N–H and O–H groups in total. The second-order valence-electron chi connectivity index (χ2n) is 5.84. The van der Waals surface area contributed by atoms with Gasteiger partial charge < -0.3 is 4.90 Å². The van der Waals surface area contributed by atoms with E-state index in [2.05, 4.69) is 9.88 Å². The fourth-order valence-electron chi connectivity index (χ4n) is 2.88. The van der Waals surface area contributed by atoms with Crippen molar-refractivity contribution in [3.8, 4) is 0 Å². The molecular formula is C18H20FN3O. The summed E-state index contributed by atoms with van der Waals surface area (Å²) in [4.78, 5) is 19.7. The molecule has 1 saturated heterocycles. The van der Waals surface area contributed by atoms with Crippen LogP contribution in [0.15, 0.2) is 42.7 Å². The Morgan fingerprint density at radius 2 is 1.83 bits per heavy atom. The summed E-state index contributed by atoms with van der Waals surface area (Å²) in [6.45, 7) is 5.67. The van der Waals surface area contributed by atoms with Crippen molar-refractivity contribution in [1.82, 2.24) is 9.88 Å². The van der Waals surface area contributed by atoms with E-state index in [9.17, 15) is 9.18 Å². The predicted molar refractivity (Wildman–Crippen MR) is 88.1 cm³/mol. The number of benzene rings is 1. The minimum Gasteiger partial charge on any atom is -0.367 e. The van der Waals surface area contributed by atoms with Gasteiger partial charge >= 0.3 is 0 Å². The van der Waals surface area contributed by atoms with Crippen LogP contribution in [-0.4, -0.2) is 41.8 Å². The Labute approximate surface area is 135 Å². The lowest BCUT2D eigenvalue weighted by molar-refractivity contribution is 0.101. The molecule has 0 saturated carbocycles. The van der Waals surface area contributed by atoms with Crippen molar-refractivity contribution in [2.75, 3.05) is 31.1 Å². The summed E-state index contributed by atoms with van der Waals surface area (Å²) in [5, 5.41) is 0. The van der Waals surface area contributed by atoms with E-state index in [1.54, 1.807) is 24.5 Å². The lowest BCUT2D eigenvalue weighted by Crippen LogP contribution is -2.46. The molecule has 0 spiro atoms. The standard InChI is InChI=1S/C18H20FN3O/c1-14(23)16-2-3-18(17(19)12-16)22-10-8-21(9-11-22)13-15-4-6-20-7-5-15/h2-7,12H,8-11,13H2,1H3. The van der Waals surface area contributed by atoms with Gasteiger partial charge in [0, 0.05) is 50.7 Å². The highest BCUT2D eigenvalue weighted by molar-refractivity contribution is 5.94. The number of nitrogens with zero attached hydrogens (tertiary/aromatic N) is 3. The van der Waals surface area contributed by atoms with Crippen molar-refractivity contribution >= 4 is 11.5 Å². The monoisotopic (exact) mass is 313 g/mol. The Morgan fingerprint density at radius 3 is 2.43 bits per heavy atom. The SMILES string of the molecule is CC(=O)c1ccc(N2CCN(Cc3ccncc3)CC2)c(F)c1. The summed E-state index contributed by atoms with van der Waals surface area (Å²) >= 11 is 0. The fourth-order valence-corrected chi connectivity index (χ4v) is 2.88. The number of ketones is 1. The number of aromatic nitrogens is 1.